The number of rotatable bonds is 2. The first kappa shape index (κ1) is 11.6. The Kier molecular flexibility index (Phi) is 2.25. The molecule has 4 aliphatic rings. The van der Waals surface area contributed by atoms with E-state index in [9.17, 15) is 4.91 Å². The van der Waals surface area contributed by atoms with E-state index in [0.717, 1.165) is 29.1 Å². The Morgan fingerprint density at radius 2 is 1.63 bits per heavy atom. The molecule has 19 heavy (non-hydrogen) atoms. The monoisotopic (exact) mass is 259 g/mol. The highest BCUT2D eigenvalue weighted by Gasteiger charge is 2.53. The molecule has 0 atom stereocenters. The highest BCUT2D eigenvalue weighted by molar-refractivity contribution is 5.46. The number of aromatic nitrogens is 2. The Labute approximate surface area is 113 Å². The van der Waals surface area contributed by atoms with Crippen molar-refractivity contribution in [3.05, 3.63) is 16.3 Å². The van der Waals surface area contributed by atoms with Gasteiger partial charge in [-0.15, -0.1) is 4.91 Å². The molecule has 4 aliphatic carbocycles. The molecule has 0 N–H and O–H groups in total. The average molecular weight is 259 g/mol. The van der Waals surface area contributed by atoms with E-state index in [-0.39, 0.29) is 5.54 Å². The molecule has 4 fully saturated rings. The molecule has 0 aliphatic heterocycles. The minimum Gasteiger partial charge on any atom is -0.261 e. The number of hydrogen-bond acceptors (Lipinski definition) is 3. The van der Waals surface area contributed by atoms with Gasteiger partial charge < -0.3 is 0 Å². The van der Waals surface area contributed by atoms with Crippen LogP contribution in [0.5, 0.6) is 0 Å². The molecule has 102 valence electrons. The van der Waals surface area contributed by atoms with E-state index in [4.69, 9.17) is 5.10 Å². The van der Waals surface area contributed by atoms with Crippen LogP contribution in [0, 0.1) is 36.5 Å². The highest BCUT2D eigenvalue weighted by atomic mass is 16.3. The van der Waals surface area contributed by atoms with Crippen LogP contribution in [0.3, 0.4) is 0 Å². The lowest BCUT2D eigenvalue weighted by atomic mass is 9.53. The third-order valence-corrected chi connectivity index (χ3v) is 5.80. The molecule has 4 saturated carbocycles. The summed E-state index contributed by atoms with van der Waals surface area (Å²) in [6, 6.07) is 0. The Balaban J connectivity index is 1.81. The summed E-state index contributed by atoms with van der Waals surface area (Å²) >= 11 is 0. The van der Waals surface area contributed by atoms with Crippen LogP contribution < -0.4 is 0 Å². The molecule has 5 rings (SSSR count). The van der Waals surface area contributed by atoms with Crippen molar-refractivity contribution >= 4 is 5.69 Å². The average Bonchev–Trinajstić information content (AvgIpc) is 2.63. The van der Waals surface area contributed by atoms with Gasteiger partial charge in [-0.3, -0.25) is 4.68 Å². The predicted octanol–water partition coefficient (Wildman–Crippen LogP) is 3.82. The maximum Gasteiger partial charge on any atom is 0.151 e. The van der Waals surface area contributed by atoms with Crippen LogP contribution in [0.2, 0.25) is 0 Å². The third kappa shape index (κ3) is 1.49. The fourth-order valence-corrected chi connectivity index (χ4v) is 5.55. The van der Waals surface area contributed by atoms with Gasteiger partial charge >= 0.3 is 0 Å². The van der Waals surface area contributed by atoms with Gasteiger partial charge in [0.15, 0.2) is 5.69 Å². The number of nitrogens with zero attached hydrogens (tertiary/aromatic N) is 3. The molecule has 0 saturated heterocycles. The maximum absolute atomic E-state index is 11.0. The lowest BCUT2D eigenvalue weighted by Crippen LogP contribution is -2.52. The molecular weight excluding hydrogens is 238 g/mol. The van der Waals surface area contributed by atoms with Crippen molar-refractivity contribution < 1.29 is 0 Å². The molecule has 0 radical (unpaired) electrons. The molecule has 0 amide bonds. The van der Waals surface area contributed by atoms with Crippen molar-refractivity contribution in [3.63, 3.8) is 0 Å². The van der Waals surface area contributed by atoms with Crippen LogP contribution in [0.25, 0.3) is 0 Å². The molecular formula is C15H21N3O. The van der Waals surface area contributed by atoms with Crippen LogP contribution in [0.1, 0.15) is 49.9 Å². The van der Waals surface area contributed by atoms with E-state index >= 15 is 0 Å². The van der Waals surface area contributed by atoms with Gasteiger partial charge in [-0.1, -0.05) is 0 Å². The van der Waals surface area contributed by atoms with Crippen LogP contribution in [-0.2, 0) is 5.54 Å². The van der Waals surface area contributed by atoms with Gasteiger partial charge in [0.2, 0.25) is 0 Å². The summed E-state index contributed by atoms with van der Waals surface area (Å²) in [7, 11) is 0. The number of nitroso groups, excluding NO2 is 1. The second kappa shape index (κ2) is 3.68. The first-order valence-corrected chi connectivity index (χ1v) is 7.51. The topological polar surface area (TPSA) is 47.2 Å². The molecule has 0 unspecified atom stereocenters. The Morgan fingerprint density at radius 1 is 1.11 bits per heavy atom. The summed E-state index contributed by atoms with van der Waals surface area (Å²) in [5.74, 6) is 2.67. The van der Waals surface area contributed by atoms with E-state index in [1.165, 1.54) is 38.5 Å². The smallest absolute Gasteiger partial charge is 0.151 e. The van der Waals surface area contributed by atoms with Crippen molar-refractivity contribution in [1.29, 1.82) is 0 Å². The van der Waals surface area contributed by atoms with Crippen LogP contribution in [-0.4, -0.2) is 9.78 Å². The van der Waals surface area contributed by atoms with Crippen molar-refractivity contribution in [2.75, 3.05) is 0 Å². The SMILES string of the molecule is Cc1nn(C23CC4CC(CC(C4)C2)C3)c(C)c1N=O. The summed E-state index contributed by atoms with van der Waals surface area (Å²) in [6.07, 6.45) is 8.07. The zero-order valence-corrected chi connectivity index (χ0v) is 11.7. The third-order valence-electron chi connectivity index (χ3n) is 5.80. The van der Waals surface area contributed by atoms with Crippen molar-refractivity contribution in [2.24, 2.45) is 22.9 Å². The van der Waals surface area contributed by atoms with E-state index in [2.05, 4.69) is 9.86 Å². The summed E-state index contributed by atoms with van der Waals surface area (Å²) in [5.41, 5.74) is 2.54. The van der Waals surface area contributed by atoms with E-state index in [0.29, 0.717) is 5.69 Å². The molecule has 1 aromatic heterocycles. The first-order chi connectivity index (χ1) is 9.11. The maximum atomic E-state index is 11.0. The van der Waals surface area contributed by atoms with Gasteiger partial charge in [0.25, 0.3) is 0 Å². The second-order valence-electron chi connectivity index (χ2n) is 7.16. The summed E-state index contributed by atoms with van der Waals surface area (Å²) in [6.45, 7) is 3.91. The van der Waals surface area contributed by atoms with Crippen molar-refractivity contribution in [3.8, 4) is 0 Å². The molecule has 0 aromatic carbocycles. The lowest BCUT2D eigenvalue weighted by molar-refractivity contribution is -0.0504. The van der Waals surface area contributed by atoms with E-state index < -0.39 is 0 Å². The Morgan fingerprint density at radius 3 is 2.05 bits per heavy atom. The standard InChI is InChI=1S/C15H21N3O/c1-9-14(17-19)10(2)18(16-9)15-6-11-3-12(7-15)5-13(4-11)8-15/h11-13H,3-8H2,1-2H3. The molecule has 4 heteroatoms. The Hall–Kier alpha value is -1.19. The minimum absolute atomic E-state index is 0.201. The first-order valence-electron chi connectivity index (χ1n) is 7.51. The van der Waals surface area contributed by atoms with Crippen LogP contribution in [0.15, 0.2) is 5.18 Å². The largest absolute Gasteiger partial charge is 0.261 e. The Bertz CT molecular complexity index is 511. The van der Waals surface area contributed by atoms with Gasteiger partial charge in [-0.2, -0.15) is 5.10 Å². The van der Waals surface area contributed by atoms with E-state index in [1.807, 2.05) is 13.8 Å². The second-order valence-corrected chi connectivity index (χ2v) is 7.16. The van der Waals surface area contributed by atoms with Crippen LogP contribution in [0.4, 0.5) is 5.69 Å². The molecule has 1 aromatic rings. The molecule has 4 bridgehead atoms. The van der Waals surface area contributed by atoms with Crippen LogP contribution >= 0.6 is 0 Å². The van der Waals surface area contributed by atoms with Gasteiger partial charge in [-0.25, -0.2) is 0 Å². The summed E-state index contributed by atoms with van der Waals surface area (Å²) in [4.78, 5) is 11.0. The summed E-state index contributed by atoms with van der Waals surface area (Å²) < 4.78 is 2.18. The molecule has 0 spiro atoms. The number of aryl methyl sites for hydroxylation is 1. The lowest BCUT2D eigenvalue weighted by Gasteiger charge is -2.56. The zero-order valence-electron chi connectivity index (χ0n) is 11.7. The molecule has 4 nitrogen and oxygen atoms in total. The quantitative estimate of drug-likeness (QED) is 0.758. The molecule has 1 heterocycles. The zero-order chi connectivity index (χ0) is 13.2. The van der Waals surface area contributed by atoms with E-state index in [1.54, 1.807) is 0 Å². The van der Waals surface area contributed by atoms with Gasteiger partial charge in [0.1, 0.15) is 0 Å². The number of hydrogen-bond donors (Lipinski definition) is 0. The van der Waals surface area contributed by atoms with Gasteiger partial charge in [0, 0.05) is 0 Å². The fraction of sp³-hybridized carbons (Fsp3) is 0.800. The summed E-state index contributed by atoms with van der Waals surface area (Å²) in [5, 5.41) is 7.88. The normalized spacial score (nSPS) is 39.8. The van der Waals surface area contributed by atoms with Crippen molar-refractivity contribution in [2.45, 2.75) is 57.9 Å². The predicted molar refractivity (Wildman–Crippen MR) is 73.3 cm³/mol. The van der Waals surface area contributed by atoms with Gasteiger partial charge in [0.05, 0.1) is 16.9 Å². The fourth-order valence-electron chi connectivity index (χ4n) is 5.55. The van der Waals surface area contributed by atoms with Gasteiger partial charge in [-0.05, 0) is 75.3 Å². The minimum atomic E-state index is 0.201. The highest BCUT2D eigenvalue weighted by Crippen LogP contribution is 2.59. The van der Waals surface area contributed by atoms with Crippen molar-refractivity contribution in [1.82, 2.24) is 9.78 Å².